The molecule has 3 atom stereocenters. The Kier molecular flexibility index (Phi) is 7.84. The molecule has 4 rings (SSSR count). The van der Waals surface area contributed by atoms with Crippen molar-refractivity contribution in [3.8, 4) is 0 Å². The van der Waals surface area contributed by atoms with E-state index in [0.717, 1.165) is 34.0 Å². The van der Waals surface area contributed by atoms with E-state index in [4.69, 9.17) is 4.84 Å². The molecule has 0 amide bonds. The third-order valence-electron chi connectivity index (χ3n) is 8.11. The maximum Gasteiger partial charge on any atom is 0.309 e. The van der Waals surface area contributed by atoms with Gasteiger partial charge in [-0.1, -0.05) is 48.3 Å². The normalized spacial score (nSPS) is 26.5. The van der Waals surface area contributed by atoms with Gasteiger partial charge in [-0.15, -0.1) is 0 Å². The first-order chi connectivity index (χ1) is 17.4. The third kappa shape index (κ3) is 5.20. The minimum atomic E-state index is -3.69. The quantitative estimate of drug-likeness (QED) is 0.321. The number of carboxylic acid groups (broad SMARTS) is 1. The fourth-order valence-electron chi connectivity index (χ4n) is 5.97. The van der Waals surface area contributed by atoms with Gasteiger partial charge in [0, 0.05) is 29.0 Å². The fourth-order valence-corrected chi connectivity index (χ4v) is 7.75. The molecule has 0 spiro atoms. The lowest BCUT2D eigenvalue weighted by Crippen LogP contribution is -2.53. The van der Waals surface area contributed by atoms with Gasteiger partial charge >= 0.3 is 5.97 Å². The van der Waals surface area contributed by atoms with Crippen LogP contribution in [-0.4, -0.2) is 43.3 Å². The molecule has 37 heavy (non-hydrogen) atoms. The molecule has 10 heteroatoms. The standard InChI is InChI=1S/C27H34BrN3O5S/c1-17(2)19-13-20-21(14-22(19)28)26(3)8-6-9-27(4,25(32)33)24(26)15-23(20)31-36-12-11-30-37(34,35)18-7-5-10-29-16-18/h5,7,10,13-14,16-17,24,30H,6,8-9,11-12,15H2,1-4H3,(H,32,33)/b31-23+/t24-,26-,27-/m1/s1. The summed E-state index contributed by atoms with van der Waals surface area (Å²) in [5.41, 5.74) is 2.74. The van der Waals surface area contributed by atoms with Gasteiger partial charge in [0.15, 0.2) is 0 Å². The van der Waals surface area contributed by atoms with Gasteiger partial charge in [-0.05, 0) is 78.8 Å². The van der Waals surface area contributed by atoms with E-state index in [1.165, 1.54) is 18.5 Å². The van der Waals surface area contributed by atoms with Crippen molar-refractivity contribution in [1.82, 2.24) is 9.71 Å². The Hall–Kier alpha value is -2.30. The van der Waals surface area contributed by atoms with Crippen LogP contribution in [0.25, 0.3) is 0 Å². The van der Waals surface area contributed by atoms with Crippen molar-refractivity contribution in [3.63, 3.8) is 0 Å². The number of hydrogen-bond acceptors (Lipinski definition) is 6. The summed E-state index contributed by atoms with van der Waals surface area (Å²) in [5, 5.41) is 14.7. The molecular weight excluding hydrogens is 558 g/mol. The number of nitrogens with one attached hydrogen (secondary N) is 1. The van der Waals surface area contributed by atoms with Crippen LogP contribution in [0.3, 0.4) is 0 Å². The molecule has 1 aromatic carbocycles. The SMILES string of the molecule is CC(C)c1cc2c(cc1Br)[C@@]1(C)CCC[C@@](C)(C(=O)O)[C@@H]1C/C2=N\OCCNS(=O)(=O)c1cccnc1. The Morgan fingerprint density at radius 1 is 1.32 bits per heavy atom. The predicted octanol–water partition coefficient (Wildman–Crippen LogP) is 5.22. The number of oxime groups is 1. The van der Waals surface area contributed by atoms with Crippen molar-refractivity contribution in [3.05, 3.63) is 57.8 Å². The largest absolute Gasteiger partial charge is 0.481 e. The topological polar surface area (TPSA) is 118 Å². The molecule has 0 aliphatic heterocycles. The minimum absolute atomic E-state index is 0.0318. The lowest BCUT2D eigenvalue weighted by atomic mass is 9.49. The zero-order chi connectivity index (χ0) is 27.0. The van der Waals surface area contributed by atoms with Gasteiger partial charge in [0.1, 0.15) is 11.5 Å². The Morgan fingerprint density at radius 2 is 2.08 bits per heavy atom. The highest BCUT2D eigenvalue weighted by Gasteiger charge is 2.56. The Morgan fingerprint density at radius 3 is 2.73 bits per heavy atom. The van der Waals surface area contributed by atoms with E-state index < -0.39 is 21.4 Å². The van der Waals surface area contributed by atoms with Crippen LogP contribution in [-0.2, 0) is 25.1 Å². The number of nitrogens with zero attached hydrogens (tertiary/aromatic N) is 2. The molecule has 0 saturated heterocycles. The van der Waals surface area contributed by atoms with Crippen LogP contribution in [0.1, 0.15) is 76.0 Å². The lowest BCUT2D eigenvalue weighted by molar-refractivity contribution is -0.156. The van der Waals surface area contributed by atoms with Crippen molar-refractivity contribution >= 4 is 37.6 Å². The number of sulfonamides is 1. The van der Waals surface area contributed by atoms with E-state index >= 15 is 0 Å². The molecule has 0 bridgehead atoms. The van der Waals surface area contributed by atoms with E-state index in [2.05, 4.69) is 63.7 Å². The number of aromatic nitrogens is 1. The average molecular weight is 593 g/mol. The molecule has 2 N–H and O–H groups in total. The fraction of sp³-hybridized carbons (Fsp3) is 0.519. The summed E-state index contributed by atoms with van der Waals surface area (Å²) < 4.78 is 28.3. The van der Waals surface area contributed by atoms with Crippen LogP contribution < -0.4 is 4.72 Å². The molecule has 200 valence electrons. The van der Waals surface area contributed by atoms with Crippen LogP contribution in [0, 0.1) is 11.3 Å². The van der Waals surface area contributed by atoms with E-state index in [-0.39, 0.29) is 35.3 Å². The maximum atomic E-state index is 12.5. The smallest absolute Gasteiger partial charge is 0.309 e. The first kappa shape index (κ1) is 27.7. The van der Waals surface area contributed by atoms with Crippen LogP contribution in [0.2, 0.25) is 0 Å². The van der Waals surface area contributed by atoms with Gasteiger partial charge in [0.25, 0.3) is 0 Å². The van der Waals surface area contributed by atoms with Gasteiger partial charge in [-0.2, -0.15) is 0 Å². The van der Waals surface area contributed by atoms with Crippen LogP contribution >= 0.6 is 15.9 Å². The maximum absolute atomic E-state index is 12.5. The average Bonchev–Trinajstić information content (AvgIpc) is 2.84. The van der Waals surface area contributed by atoms with Crippen molar-refractivity contribution in [2.45, 2.75) is 69.6 Å². The molecule has 1 saturated carbocycles. The second-order valence-electron chi connectivity index (χ2n) is 10.8. The van der Waals surface area contributed by atoms with Gasteiger partial charge in [0.05, 0.1) is 11.1 Å². The van der Waals surface area contributed by atoms with E-state index in [0.29, 0.717) is 18.6 Å². The molecule has 0 radical (unpaired) electrons. The molecule has 0 unspecified atom stereocenters. The van der Waals surface area contributed by atoms with E-state index in [9.17, 15) is 18.3 Å². The summed E-state index contributed by atoms with van der Waals surface area (Å²) in [6.45, 7) is 8.36. The number of pyridine rings is 1. The summed E-state index contributed by atoms with van der Waals surface area (Å²) >= 11 is 3.75. The van der Waals surface area contributed by atoms with Gasteiger partial charge in [0.2, 0.25) is 10.0 Å². The van der Waals surface area contributed by atoms with E-state index in [1.54, 1.807) is 6.07 Å². The van der Waals surface area contributed by atoms with Gasteiger partial charge < -0.3 is 9.94 Å². The number of aliphatic carboxylic acids is 1. The monoisotopic (exact) mass is 591 g/mol. The number of benzene rings is 1. The highest BCUT2D eigenvalue weighted by atomic mass is 79.9. The third-order valence-corrected chi connectivity index (χ3v) is 10.2. The van der Waals surface area contributed by atoms with Crippen LogP contribution in [0.5, 0.6) is 0 Å². The summed E-state index contributed by atoms with van der Waals surface area (Å²) in [6, 6.07) is 7.32. The van der Waals surface area contributed by atoms with E-state index in [1.807, 2.05) is 6.92 Å². The second kappa shape index (κ2) is 10.5. The Labute approximate surface area is 227 Å². The molecule has 1 aromatic heterocycles. The molecule has 1 fully saturated rings. The van der Waals surface area contributed by atoms with Gasteiger partial charge in [-0.3, -0.25) is 9.78 Å². The zero-order valence-corrected chi connectivity index (χ0v) is 24.0. The summed E-state index contributed by atoms with van der Waals surface area (Å²) in [4.78, 5) is 22.0. The van der Waals surface area contributed by atoms with Crippen molar-refractivity contribution in [1.29, 1.82) is 0 Å². The number of rotatable bonds is 8. The van der Waals surface area contributed by atoms with Crippen molar-refractivity contribution in [2.24, 2.45) is 16.5 Å². The highest BCUT2D eigenvalue weighted by Crippen LogP contribution is 2.58. The first-order valence-corrected chi connectivity index (χ1v) is 14.8. The number of carboxylic acids is 1. The Balaban J connectivity index is 1.63. The summed E-state index contributed by atoms with van der Waals surface area (Å²) in [7, 11) is -3.69. The minimum Gasteiger partial charge on any atom is -0.481 e. The molecule has 2 aromatic rings. The molecule has 1 heterocycles. The molecular formula is C27H34BrN3O5S. The summed E-state index contributed by atoms with van der Waals surface area (Å²) in [5.74, 6) is -0.651. The molecule has 2 aliphatic carbocycles. The second-order valence-corrected chi connectivity index (χ2v) is 13.4. The zero-order valence-electron chi connectivity index (χ0n) is 21.6. The van der Waals surface area contributed by atoms with Crippen molar-refractivity contribution < 1.29 is 23.2 Å². The summed E-state index contributed by atoms with van der Waals surface area (Å²) in [6.07, 6.45) is 5.65. The Bertz CT molecular complexity index is 1310. The lowest BCUT2D eigenvalue weighted by Gasteiger charge is -2.53. The number of halogens is 1. The van der Waals surface area contributed by atoms with Gasteiger partial charge in [-0.25, -0.2) is 13.1 Å². The number of carbonyl (C=O) groups is 1. The molecule has 8 nitrogen and oxygen atoms in total. The molecule has 2 aliphatic rings. The van der Waals surface area contributed by atoms with Crippen LogP contribution in [0.4, 0.5) is 0 Å². The predicted molar refractivity (Wildman–Crippen MR) is 145 cm³/mol. The number of fused-ring (bicyclic) bond motifs is 3. The van der Waals surface area contributed by atoms with Crippen LogP contribution in [0.15, 0.2) is 51.2 Å². The highest BCUT2D eigenvalue weighted by molar-refractivity contribution is 9.10. The first-order valence-electron chi connectivity index (χ1n) is 12.6. The number of hydrogen-bond donors (Lipinski definition) is 2. The van der Waals surface area contributed by atoms with Crippen molar-refractivity contribution in [2.75, 3.05) is 13.2 Å².